The van der Waals surface area contributed by atoms with E-state index in [1.165, 1.54) is 23.0 Å². The van der Waals surface area contributed by atoms with Crippen molar-refractivity contribution < 1.29 is 22.8 Å². The van der Waals surface area contributed by atoms with Crippen molar-refractivity contribution in [2.45, 2.75) is 32.5 Å². The number of nitriles is 1. The van der Waals surface area contributed by atoms with E-state index in [-0.39, 0.29) is 47.6 Å². The van der Waals surface area contributed by atoms with Crippen molar-refractivity contribution in [3.63, 3.8) is 0 Å². The van der Waals surface area contributed by atoms with Crippen LogP contribution in [0.2, 0.25) is 0 Å². The Hall–Kier alpha value is -4.97. The Morgan fingerprint density at radius 2 is 1.95 bits per heavy atom. The summed E-state index contributed by atoms with van der Waals surface area (Å²) in [5.41, 5.74) is 6.16. The van der Waals surface area contributed by atoms with Crippen LogP contribution in [0.3, 0.4) is 0 Å². The van der Waals surface area contributed by atoms with Crippen LogP contribution in [-0.2, 0) is 23.9 Å². The summed E-state index contributed by atoms with van der Waals surface area (Å²) in [4.78, 5) is 32.5. The molecule has 214 valence electrons. The Labute approximate surface area is 232 Å². The van der Waals surface area contributed by atoms with Gasteiger partial charge in [-0.1, -0.05) is 6.92 Å². The summed E-state index contributed by atoms with van der Waals surface area (Å²) in [6.07, 6.45) is 1.73. The van der Waals surface area contributed by atoms with Gasteiger partial charge in [-0.05, 0) is 36.6 Å². The Morgan fingerprint density at radius 1 is 1.17 bits per heavy atom. The predicted molar refractivity (Wildman–Crippen MR) is 143 cm³/mol. The molecule has 5 N–H and O–H groups in total. The minimum atomic E-state index is -4.74. The number of alkyl halides is 3. The van der Waals surface area contributed by atoms with Crippen LogP contribution in [0, 0.1) is 11.3 Å². The molecule has 15 heteroatoms. The highest BCUT2D eigenvalue weighted by molar-refractivity contribution is 5.96. The Morgan fingerprint density at radius 3 is 2.66 bits per heavy atom. The molecular formula is C26H27F3N10O2. The van der Waals surface area contributed by atoms with Gasteiger partial charge in [0, 0.05) is 42.9 Å². The summed E-state index contributed by atoms with van der Waals surface area (Å²) < 4.78 is 43.5. The van der Waals surface area contributed by atoms with Crippen LogP contribution in [-0.4, -0.2) is 55.6 Å². The Kier molecular flexibility index (Phi) is 8.83. The maximum atomic E-state index is 13.7. The summed E-state index contributed by atoms with van der Waals surface area (Å²) in [5.74, 6) is -0.230. The van der Waals surface area contributed by atoms with Crippen molar-refractivity contribution in [1.29, 1.82) is 5.26 Å². The van der Waals surface area contributed by atoms with E-state index in [4.69, 9.17) is 11.0 Å². The molecule has 41 heavy (non-hydrogen) atoms. The summed E-state index contributed by atoms with van der Waals surface area (Å²) in [7, 11) is 0. The third-order valence-electron chi connectivity index (χ3n) is 6.11. The highest BCUT2D eigenvalue weighted by Gasteiger charge is 2.38. The van der Waals surface area contributed by atoms with Crippen molar-refractivity contribution in [1.82, 2.24) is 34.8 Å². The fourth-order valence-corrected chi connectivity index (χ4v) is 4.19. The molecule has 0 bridgehead atoms. The summed E-state index contributed by atoms with van der Waals surface area (Å²) in [6, 6.07) is 6.94. The van der Waals surface area contributed by atoms with Gasteiger partial charge in [-0.2, -0.15) is 23.5 Å². The first-order valence-electron chi connectivity index (χ1n) is 12.6. The SMILES string of the molecule is CCc1cc(Nc2nccn3c(-c4cn(CC#N)nc4C(F)(F)F)cnc23)ccc1C(=O)NCCCNC(=O)CN. The van der Waals surface area contributed by atoms with Gasteiger partial charge >= 0.3 is 6.18 Å². The highest BCUT2D eigenvalue weighted by atomic mass is 19.4. The van der Waals surface area contributed by atoms with Crippen LogP contribution in [0.4, 0.5) is 24.7 Å². The highest BCUT2D eigenvalue weighted by Crippen LogP contribution is 2.37. The zero-order chi connectivity index (χ0) is 29.6. The number of benzene rings is 1. The van der Waals surface area contributed by atoms with E-state index in [2.05, 4.69) is 31.0 Å². The largest absolute Gasteiger partial charge is 0.435 e. The lowest BCUT2D eigenvalue weighted by Crippen LogP contribution is -2.33. The number of hydrogen-bond acceptors (Lipinski definition) is 8. The van der Waals surface area contributed by atoms with E-state index in [1.807, 2.05) is 6.92 Å². The molecule has 0 aliphatic rings. The second-order valence-electron chi connectivity index (χ2n) is 8.87. The molecule has 12 nitrogen and oxygen atoms in total. The second-order valence-corrected chi connectivity index (χ2v) is 8.87. The van der Waals surface area contributed by atoms with Gasteiger partial charge in [0.1, 0.15) is 6.54 Å². The number of hydrogen-bond donors (Lipinski definition) is 4. The Bertz CT molecular complexity index is 1600. The number of halogens is 3. The normalized spacial score (nSPS) is 11.3. The van der Waals surface area contributed by atoms with Crippen molar-refractivity contribution >= 4 is 29.0 Å². The summed E-state index contributed by atoms with van der Waals surface area (Å²) in [6.45, 7) is 2.24. The molecule has 4 rings (SSSR count). The summed E-state index contributed by atoms with van der Waals surface area (Å²) >= 11 is 0. The molecule has 1 aromatic carbocycles. The minimum Gasteiger partial charge on any atom is -0.355 e. The molecule has 0 atom stereocenters. The van der Waals surface area contributed by atoms with Crippen molar-refractivity contribution in [2.75, 3.05) is 25.0 Å². The first kappa shape index (κ1) is 29.0. The average molecular weight is 569 g/mol. The third-order valence-corrected chi connectivity index (χ3v) is 6.11. The second kappa shape index (κ2) is 12.5. The molecule has 0 radical (unpaired) electrons. The van der Waals surface area contributed by atoms with Gasteiger partial charge in [0.25, 0.3) is 5.91 Å². The quantitative estimate of drug-likeness (QED) is 0.200. The molecule has 0 spiro atoms. The van der Waals surface area contributed by atoms with Crippen LogP contribution in [0.5, 0.6) is 0 Å². The van der Waals surface area contributed by atoms with Crippen molar-refractivity contribution in [2.24, 2.45) is 5.73 Å². The number of nitrogens with zero attached hydrogens (tertiary/aromatic N) is 6. The van der Waals surface area contributed by atoms with Gasteiger partial charge in [0.2, 0.25) is 5.91 Å². The monoisotopic (exact) mass is 568 g/mol. The van der Waals surface area contributed by atoms with Crippen LogP contribution < -0.4 is 21.7 Å². The number of fused-ring (bicyclic) bond motifs is 1. The zero-order valence-corrected chi connectivity index (χ0v) is 22.0. The number of carbonyl (C=O) groups excluding carboxylic acids is 2. The molecule has 4 aromatic rings. The predicted octanol–water partition coefficient (Wildman–Crippen LogP) is 2.64. The molecule has 0 aliphatic heterocycles. The van der Waals surface area contributed by atoms with E-state index in [1.54, 1.807) is 24.3 Å². The van der Waals surface area contributed by atoms with Gasteiger partial charge in [-0.3, -0.25) is 18.7 Å². The van der Waals surface area contributed by atoms with Gasteiger partial charge in [-0.25, -0.2) is 9.97 Å². The molecule has 0 saturated heterocycles. The number of imidazole rings is 1. The van der Waals surface area contributed by atoms with E-state index in [0.717, 1.165) is 16.4 Å². The smallest absolute Gasteiger partial charge is 0.355 e. The van der Waals surface area contributed by atoms with Crippen molar-refractivity contribution in [3.05, 3.63) is 59.8 Å². The van der Waals surface area contributed by atoms with Gasteiger partial charge in [0.15, 0.2) is 17.2 Å². The van der Waals surface area contributed by atoms with Gasteiger partial charge in [0.05, 0.1) is 30.1 Å². The molecule has 3 aromatic heterocycles. The zero-order valence-electron chi connectivity index (χ0n) is 22.0. The molecule has 0 unspecified atom stereocenters. The van der Waals surface area contributed by atoms with Crippen LogP contribution in [0.1, 0.15) is 35.0 Å². The molecule has 0 fully saturated rings. The number of nitrogens with one attached hydrogen (secondary N) is 3. The van der Waals surface area contributed by atoms with E-state index in [9.17, 15) is 22.8 Å². The molecule has 0 aliphatic carbocycles. The minimum absolute atomic E-state index is 0.0909. The number of rotatable bonds is 11. The standard InChI is InChI=1S/C26H27F3N10O2/c1-2-16-12-17(4-5-18(16)25(41)34-8-3-7-32-21(40)13-31)36-23-24-35-14-20(39(24)11-9-33-23)19-15-38(10-6-30)37-22(19)26(27,28)29/h4-5,9,11-12,14-15H,2-3,7-8,10,13,31H2,1H3,(H,32,40)(H,33,36)(H,34,41). The fraction of sp³-hybridized carbons (Fsp3) is 0.308. The molecular weight excluding hydrogens is 541 g/mol. The lowest BCUT2D eigenvalue weighted by molar-refractivity contribution is -0.141. The van der Waals surface area contributed by atoms with Gasteiger partial charge in [-0.15, -0.1) is 0 Å². The first-order chi connectivity index (χ1) is 19.7. The summed E-state index contributed by atoms with van der Waals surface area (Å²) in [5, 5.41) is 21.1. The maximum absolute atomic E-state index is 13.7. The van der Waals surface area contributed by atoms with E-state index >= 15 is 0 Å². The number of carbonyl (C=O) groups is 2. The number of amides is 2. The maximum Gasteiger partial charge on any atom is 0.435 e. The van der Waals surface area contributed by atoms with Crippen LogP contribution in [0.25, 0.3) is 16.9 Å². The number of nitrogens with two attached hydrogens (primary N) is 1. The van der Waals surface area contributed by atoms with E-state index in [0.29, 0.717) is 37.2 Å². The van der Waals surface area contributed by atoms with E-state index < -0.39 is 11.9 Å². The van der Waals surface area contributed by atoms with Crippen LogP contribution in [0.15, 0.2) is 43.0 Å². The number of aryl methyl sites for hydroxylation is 1. The molecule has 2 amide bonds. The number of aromatic nitrogens is 5. The first-order valence-corrected chi connectivity index (χ1v) is 12.6. The van der Waals surface area contributed by atoms with Gasteiger partial charge < -0.3 is 21.7 Å². The molecule has 0 saturated carbocycles. The number of anilines is 2. The Balaban J connectivity index is 1.55. The average Bonchev–Trinajstić information content (AvgIpc) is 3.57. The fourth-order valence-electron chi connectivity index (χ4n) is 4.19. The lowest BCUT2D eigenvalue weighted by Gasteiger charge is -2.13. The molecule has 3 heterocycles. The third kappa shape index (κ3) is 6.61. The lowest BCUT2D eigenvalue weighted by atomic mass is 10.0. The van der Waals surface area contributed by atoms with Crippen molar-refractivity contribution in [3.8, 4) is 17.3 Å². The topological polar surface area (TPSA) is 168 Å². The van der Waals surface area contributed by atoms with Crippen LogP contribution >= 0.6 is 0 Å².